The van der Waals surface area contributed by atoms with E-state index in [9.17, 15) is 0 Å². The fraction of sp³-hybridized carbons (Fsp3) is 0.333. The predicted molar refractivity (Wildman–Crippen MR) is 54.7 cm³/mol. The molecular weight excluding hydrogens is 251 g/mol. The van der Waals surface area contributed by atoms with Crippen LogP contribution in [0.2, 0.25) is 0 Å². The summed E-state index contributed by atoms with van der Waals surface area (Å²) >= 11 is 2.31. The second kappa shape index (κ2) is 4.07. The van der Waals surface area contributed by atoms with Crippen LogP contribution in [0.4, 0.5) is 0 Å². The Morgan fingerprint density at radius 2 is 2.18 bits per heavy atom. The summed E-state index contributed by atoms with van der Waals surface area (Å²) in [7, 11) is 0. The van der Waals surface area contributed by atoms with E-state index in [4.69, 9.17) is 5.11 Å². The number of aliphatic hydroxyl groups excluding tert-OH is 1. The average molecular weight is 262 g/mol. The van der Waals surface area contributed by atoms with Crippen LogP contribution in [-0.4, -0.2) is 11.7 Å². The maximum absolute atomic E-state index is 8.68. The molecule has 0 fully saturated rings. The SMILES string of the molecule is Cc1ccc(CCO)cc1I. The molecule has 0 amide bonds. The summed E-state index contributed by atoms with van der Waals surface area (Å²) in [5, 5.41) is 8.68. The number of hydrogen-bond acceptors (Lipinski definition) is 1. The highest BCUT2D eigenvalue weighted by Crippen LogP contribution is 2.13. The summed E-state index contributed by atoms with van der Waals surface area (Å²) in [6.45, 7) is 2.32. The zero-order valence-corrected chi connectivity index (χ0v) is 8.63. The van der Waals surface area contributed by atoms with Crippen LogP contribution < -0.4 is 0 Å². The molecule has 0 saturated heterocycles. The highest BCUT2D eigenvalue weighted by atomic mass is 127. The third kappa shape index (κ3) is 2.45. The Balaban J connectivity index is 2.86. The van der Waals surface area contributed by atoms with Crippen molar-refractivity contribution >= 4 is 22.6 Å². The first-order valence-corrected chi connectivity index (χ1v) is 4.68. The fourth-order valence-corrected chi connectivity index (χ4v) is 1.50. The number of aliphatic hydroxyl groups is 1. The Bertz CT molecular complexity index is 245. The predicted octanol–water partition coefficient (Wildman–Crippen LogP) is 2.13. The van der Waals surface area contributed by atoms with Gasteiger partial charge in [-0.3, -0.25) is 0 Å². The Morgan fingerprint density at radius 3 is 2.73 bits per heavy atom. The molecule has 0 unspecified atom stereocenters. The monoisotopic (exact) mass is 262 g/mol. The minimum Gasteiger partial charge on any atom is -0.396 e. The summed E-state index contributed by atoms with van der Waals surface area (Å²) in [5.41, 5.74) is 2.51. The maximum Gasteiger partial charge on any atom is 0.0471 e. The van der Waals surface area contributed by atoms with Gasteiger partial charge in [-0.25, -0.2) is 0 Å². The summed E-state index contributed by atoms with van der Waals surface area (Å²) in [5.74, 6) is 0. The number of halogens is 1. The van der Waals surface area contributed by atoms with Crippen molar-refractivity contribution in [2.24, 2.45) is 0 Å². The molecule has 0 heterocycles. The molecule has 0 saturated carbocycles. The van der Waals surface area contributed by atoms with E-state index in [1.54, 1.807) is 0 Å². The van der Waals surface area contributed by atoms with E-state index in [1.165, 1.54) is 14.7 Å². The summed E-state index contributed by atoms with van der Waals surface area (Å²) in [4.78, 5) is 0. The van der Waals surface area contributed by atoms with Crippen molar-refractivity contribution in [1.82, 2.24) is 0 Å². The second-order valence-corrected chi connectivity index (χ2v) is 3.72. The van der Waals surface area contributed by atoms with Crippen molar-refractivity contribution in [3.8, 4) is 0 Å². The van der Waals surface area contributed by atoms with E-state index in [2.05, 4.69) is 47.7 Å². The Labute approximate surface area is 80.6 Å². The summed E-state index contributed by atoms with van der Waals surface area (Å²) in [6.07, 6.45) is 0.760. The van der Waals surface area contributed by atoms with Crippen LogP contribution >= 0.6 is 22.6 Å². The van der Waals surface area contributed by atoms with Gasteiger partial charge in [-0.15, -0.1) is 0 Å². The first kappa shape index (κ1) is 9.00. The van der Waals surface area contributed by atoms with Gasteiger partial charge < -0.3 is 5.11 Å². The van der Waals surface area contributed by atoms with Gasteiger partial charge in [0, 0.05) is 10.2 Å². The zero-order chi connectivity index (χ0) is 8.27. The smallest absolute Gasteiger partial charge is 0.0471 e. The molecule has 0 spiro atoms. The van der Waals surface area contributed by atoms with Gasteiger partial charge >= 0.3 is 0 Å². The highest BCUT2D eigenvalue weighted by Gasteiger charge is 1.95. The van der Waals surface area contributed by atoms with Crippen LogP contribution in [-0.2, 0) is 6.42 Å². The molecule has 1 aromatic rings. The van der Waals surface area contributed by atoms with Gasteiger partial charge in [0.1, 0.15) is 0 Å². The standard InChI is InChI=1S/C9H11IO/c1-7-2-3-8(4-5-11)6-9(7)10/h2-3,6,11H,4-5H2,1H3. The molecule has 0 aliphatic heterocycles. The first-order chi connectivity index (χ1) is 5.24. The molecule has 0 aromatic heterocycles. The van der Waals surface area contributed by atoms with Crippen LogP contribution in [0.25, 0.3) is 0 Å². The van der Waals surface area contributed by atoms with E-state index < -0.39 is 0 Å². The molecule has 1 N–H and O–H groups in total. The fourth-order valence-electron chi connectivity index (χ4n) is 0.921. The molecule has 0 aliphatic rings. The van der Waals surface area contributed by atoms with Gasteiger partial charge in [0.15, 0.2) is 0 Å². The first-order valence-electron chi connectivity index (χ1n) is 3.60. The van der Waals surface area contributed by atoms with Crippen molar-refractivity contribution in [2.45, 2.75) is 13.3 Å². The molecular formula is C9H11IO. The van der Waals surface area contributed by atoms with Gasteiger partial charge in [-0.1, -0.05) is 12.1 Å². The van der Waals surface area contributed by atoms with E-state index in [0.717, 1.165) is 6.42 Å². The molecule has 0 aliphatic carbocycles. The molecule has 11 heavy (non-hydrogen) atoms. The lowest BCUT2D eigenvalue weighted by molar-refractivity contribution is 0.299. The lowest BCUT2D eigenvalue weighted by Crippen LogP contribution is -1.91. The quantitative estimate of drug-likeness (QED) is 0.809. The van der Waals surface area contributed by atoms with E-state index in [-0.39, 0.29) is 6.61 Å². The normalized spacial score (nSPS) is 10.1. The van der Waals surface area contributed by atoms with Crippen molar-refractivity contribution in [3.63, 3.8) is 0 Å². The third-order valence-electron chi connectivity index (χ3n) is 1.64. The van der Waals surface area contributed by atoms with E-state index in [1.807, 2.05) is 0 Å². The second-order valence-electron chi connectivity index (χ2n) is 2.56. The Kier molecular flexibility index (Phi) is 3.33. The Hall–Kier alpha value is -0.0900. The molecule has 1 aromatic carbocycles. The van der Waals surface area contributed by atoms with Gasteiger partial charge in [-0.05, 0) is 53.1 Å². The van der Waals surface area contributed by atoms with Gasteiger partial charge in [0.2, 0.25) is 0 Å². The lowest BCUT2D eigenvalue weighted by Gasteiger charge is -2.01. The van der Waals surface area contributed by atoms with Crippen molar-refractivity contribution < 1.29 is 5.11 Å². The zero-order valence-electron chi connectivity index (χ0n) is 6.47. The molecule has 2 heteroatoms. The number of rotatable bonds is 2. The van der Waals surface area contributed by atoms with Gasteiger partial charge in [-0.2, -0.15) is 0 Å². The number of aryl methyl sites for hydroxylation is 1. The molecule has 60 valence electrons. The lowest BCUT2D eigenvalue weighted by atomic mass is 10.1. The van der Waals surface area contributed by atoms with Crippen LogP contribution in [0.5, 0.6) is 0 Å². The summed E-state index contributed by atoms with van der Waals surface area (Å²) < 4.78 is 1.27. The molecule has 0 bridgehead atoms. The molecule has 1 rings (SSSR count). The molecule has 1 nitrogen and oxygen atoms in total. The van der Waals surface area contributed by atoms with E-state index >= 15 is 0 Å². The summed E-state index contributed by atoms with van der Waals surface area (Å²) in [6, 6.07) is 6.27. The van der Waals surface area contributed by atoms with Crippen LogP contribution in [0.3, 0.4) is 0 Å². The van der Waals surface area contributed by atoms with Crippen molar-refractivity contribution in [3.05, 3.63) is 32.9 Å². The average Bonchev–Trinajstić information content (AvgIpc) is 1.98. The van der Waals surface area contributed by atoms with E-state index in [0.29, 0.717) is 0 Å². The van der Waals surface area contributed by atoms with Gasteiger partial charge in [0.25, 0.3) is 0 Å². The minimum absolute atomic E-state index is 0.235. The number of benzene rings is 1. The van der Waals surface area contributed by atoms with Crippen LogP contribution in [0.15, 0.2) is 18.2 Å². The van der Waals surface area contributed by atoms with Crippen molar-refractivity contribution in [2.75, 3.05) is 6.61 Å². The largest absolute Gasteiger partial charge is 0.396 e. The number of hydrogen-bond donors (Lipinski definition) is 1. The third-order valence-corrected chi connectivity index (χ3v) is 2.80. The molecule has 0 radical (unpaired) electrons. The topological polar surface area (TPSA) is 20.2 Å². The minimum atomic E-state index is 0.235. The maximum atomic E-state index is 8.68. The Morgan fingerprint density at radius 1 is 1.45 bits per heavy atom. The highest BCUT2D eigenvalue weighted by molar-refractivity contribution is 14.1. The van der Waals surface area contributed by atoms with Crippen molar-refractivity contribution in [1.29, 1.82) is 0 Å². The van der Waals surface area contributed by atoms with Gasteiger partial charge in [0.05, 0.1) is 0 Å². The van der Waals surface area contributed by atoms with Crippen LogP contribution in [0.1, 0.15) is 11.1 Å². The van der Waals surface area contributed by atoms with Crippen LogP contribution in [0, 0.1) is 10.5 Å². The molecule has 0 atom stereocenters.